The smallest absolute Gasteiger partial charge is 0.240 e. The molecular formula is C16H24N2O3S. The van der Waals surface area contributed by atoms with Crippen molar-refractivity contribution in [2.75, 3.05) is 13.1 Å². The lowest BCUT2D eigenvalue weighted by atomic mass is 10.0. The first-order valence-electron chi connectivity index (χ1n) is 7.89. The molecule has 1 aromatic carbocycles. The van der Waals surface area contributed by atoms with Crippen molar-refractivity contribution < 1.29 is 13.2 Å². The third-order valence-corrected chi connectivity index (χ3v) is 5.52. The van der Waals surface area contributed by atoms with Gasteiger partial charge < -0.3 is 5.32 Å². The first-order chi connectivity index (χ1) is 10.6. The molecule has 0 saturated heterocycles. The van der Waals surface area contributed by atoms with Crippen LogP contribution in [0.2, 0.25) is 0 Å². The molecule has 0 aliphatic heterocycles. The molecule has 1 aromatic rings. The van der Waals surface area contributed by atoms with Gasteiger partial charge in [0.2, 0.25) is 15.9 Å². The van der Waals surface area contributed by atoms with Gasteiger partial charge in [-0.25, -0.2) is 13.1 Å². The molecule has 2 N–H and O–H groups in total. The average Bonchev–Trinajstić information content (AvgIpc) is 3.04. The third kappa shape index (κ3) is 5.42. The van der Waals surface area contributed by atoms with E-state index in [0.717, 1.165) is 6.42 Å². The van der Waals surface area contributed by atoms with Crippen molar-refractivity contribution >= 4 is 15.9 Å². The van der Waals surface area contributed by atoms with E-state index < -0.39 is 10.0 Å². The van der Waals surface area contributed by atoms with Crippen LogP contribution in [0.4, 0.5) is 0 Å². The highest BCUT2D eigenvalue weighted by molar-refractivity contribution is 7.89. The Kier molecular flexibility index (Phi) is 6.39. The van der Waals surface area contributed by atoms with Crippen molar-refractivity contribution in [2.24, 2.45) is 5.92 Å². The highest BCUT2D eigenvalue weighted by Crippen LogP contribution is 2.28. The Labute approximate surface area is 132 Å². The Balaban J connectivity index is 1.63. The van der Waals surface area contributed by atoms with E-state index in [0.29, 0.717) is 18.9 Å². The molecular weight excluding hydrogens is 300 g/mol. The minimum absolute atomic E-state index is 0.00538. The first-order valence-corrected chi connectivity index (χ1v) is 9.37. The Morgan fingerprint density at radius 3 is 2.45 bits per heavy atom. The molecule has 0 aromatic heterocycles. The zero-order valence-electron chi connectivity index (χ0n) is 12.8. The fraction of sp³-hybridized carbons (Fsp3) is 0.562. The summed E-state index contributed by atoms with van der Waals surface area (Å²) in [6.45, 7) is 0.516. The number of carbonyl (C=O) groups excluding carboxylic acids is 1. The van der Waals surface area contributed by atoms with Crippen molar-refractivity contribution in [3.63, 3.8) is 0 Å². The van der Waals surface area contributed by atoms with Crippen molar-refractivity contribution in [1.82, 2.24) is 10.0 Å². The topological polar surface area (TPSA) is 75.3 Å². The molecule has 1 aliphatic rings. The van der Waals surface area contributed by atoms with Crippen molar-refractivity contribution in [2.45, 2.75) is 43.4 Å². The fourth-order valence-corrected chi connectivity index (χ4v) is 3.85. The maximum Gasteiger partial charge on any atom is 0.240 e. The highest BCUT2D eigenvalue weighted by atomic mass is 32.2. The molecule has 1 amide bonds. The Bertz CT molecular complexity index is 566. The molecule has 22 heavy (non-hydrogen) atoms. The molecule has 0 spiro atoms. The van der Waals surface area contributed by atoms with Gasteiger partial charge in [-0.05, 0) is 24.5 Å². The van der Waals surface area contributed by atoms with Crippen LogP contribution >= 0.6 is 0 Å². The van der Waals surface area contributed by atoms with E-state index in [2.05, 4.69) is 10.0 Å². The van der Waals surface area contributed by atoms with E-state index >= 15 is 0 Å². The van der Waals surface area contributed by atoms with E-state index in [1.807, 2.05) is 0 Å². The molecule has 0 radical (unpaired) electrons. The number of nitrogens with one attached hydrogen (secondary N) is 2. The Hall–Kier alpha value is -1.40. The number of sulfonamides is 1. The summed E-state index contributed by atoms with van der Waals surface area (Å²) in [7, 11) is -3.48. The molecule has 122 valence electrons. The maximum atomic E-state index is 12.0. The van der Waals surface area contributed by atoms with Gasteiger partial charge in [0.15, 0.2) is 0 Å². The zero-order valence-corrected chi connectivity index (χ0v) is 13.6. The largest absolute Gasteiger partial charge is 0.355 e. The van der Waals surface area contributed by atoms with Gasteiger partial charge in [0.25, 0.3) is 0 Å². The van der Waals surface area contributed by atoms with Gasteiger partial charge in [-0.3, -0.25) is 4.79 Å². The number of rotatable bonds is 8. The standard InChI is InChI=1S/C16H24N2O3S/c19-16(11-10-14-6-4-5-7-14)17-12-13-18-22(20,21)15-8-2-1-3-9-15/h1-3,8-9,14,18H,4-7,10-13H2,(H,17,19). The second kappa shape index (κ2) is 8.29. The summed E-state index contributed by atoms with van der Waals surface area (Å²) < 4.78 is 26.4. The molecule has 1 fully saturated rings. The van der Waals surface area contributed by atoms with E-state index in [4.69, 9.17) is 0 Å². The van der Waals surface area contributed by atoms with Gasteiger partial charge in [-0.2, -0.15) is 0 Å². The van der Waals surface area contributed by atoms with Crippen LogP contribution in [0.5, 0.6) is 0 Å². The van der Waals surface area contributed by atoms with E-state index in [1.165, 1.54) is 25.7 Å². The van der Waals surface area contributed by atoms with E-state index in [9.17, 15) is 13.2 Å². The molecule has 0 heterocycles. The summed E-state index contributed by atoms with van der Waals surface area (Å²) in [5.74, 6) is 0.702. The minimum Gasteiger partial charge on any atom is -0.355 e. The normalized spacial score (nSPS) is 15.8. The number of amides is 1. The lowest BCUT2D eigenvalue weighted by molar-refractivity contribution is -0.121. The van der Waals surface area contributed by atoms with Gasteiger partial charge in [-0.15, -0.1) is 0 Å². The monoisotopic (exact) mass is 324 g/mol. The summed E-state index contributed by atoms with van der Waals surface area (Å²) in [4.78, 5) is 11.9. The number of hydrogen-bond acceptors (Lipinski definition) is 3. The highest BCUT2D eigenvalue weighted by Gasteiger charge is 2.16. The van der Waals surface area contributed by atoms with Gasteiger partial charge in [0.1, 0.15) is 0 Å². The van der Waals surface area contributed by atoms with Gasteiger partial charge in [0, 0.05) is 19.5 Å². The van der Waals surface area contributed by atoms with Gasteiger partial charge in [0.05, 0.1) is 4.90 Å². The van der Waals surface area contributed by atoms with Crippen LogP contribution in [0, 0.1) is 5.92 Å². The molecule has 1 saturated carbocycles. The lowest BCUT2D eigenvalue weighted by Gasteiger charge is -2.10. The predicted molar refractivity (Wildman–Crippen MR) is 85.8 cm³/mol. The molecule has 0 atom stereocenters. The third-order valence-electron chi connectivity index (χ3n) is 4.05. The predicted octanol–water partition coefficient (Wildman–Crippen LogP) is 2.05. The van der Waals surface area contributed by atoms with Crippen LogP contribution in [0.25, 0.3) is 0 Å². The van der Waals surface area contributed by atoms with E-state index in [-0.39, 0.29) is 17.3 Å². The molecule has 5 nitrogen and oxygen atoms in total. The summed E-state index contributed by atoms with van der Waals surface area (Å²) >= 11 is 0. The molecule has 6 heteroatoms. The maximum absolute atomic E-state index is 12.0. The van der Waals surface area contributed by atoms with Crippen LogP contribution in [-0.2, 0) is 14.8 Å². The Morgan fingerprint density at radius 2 is 1.77 bits per heavy atom. The quantitative estimate of drug-likeness (QED) is 0.719. The molecule has 0 bridgehead atoms. The zero-order chi connectivity index (χ0) is 15.8. The Morgan fingerprint density at radius 1 is 1.09 bits per heavy atom. The van der Waals surface area contributed by atoms with Crippen LogP contribution in [-0.4, -0.2) is 27.4 Å². The number of hydrogen-bond donors (Lipinski definition) is 2. The van der Waals surface area contributed by atoms with Gasteiger partial charge >= 0.3 is 0 Å². The van der Waals surface area contributed by atoms with Gasteiger partial charge in [-0.1, -0.05) is 43.9 Å². The first kappa shape index (κ1) is 17.0. The SMILES string of the molecule is O=C(CCC1CCCC1)NCCNS(=O)(=O)c1ccccc1. The van der Waals surface area contributed by atoms with Crippen LogP contribution in [0.15, 0.2) is 35.2 Å². The summed E-state index contributed by atoms with van der Waals surface area (Å²) in [6, 6.07) is 8.22. The van der Waals surface area contributed by atoms with Crippen molar-refractivity contribution in [3.8, 4) is 0 Å². The lowest BCUT2D eigenvalue weighted by Crippen LogP contribution is -2.34. The molecule has 2 rings (SSSR count). The number of benzene rings is 1. The molecule has 0 unspecified atom stereocenters. The van der Waals surface area contributed by atoms with E-state index in [1.54, 1.807) is 30.3 Å². The second-order valence-corrected chi connectivity index (χ2v) is 7.52. The van der Waals surface area contributed by atoms with Crippen molar-refractivity contribution in [3.05, 3.63) is 30.3 Å². The number of carbonyl (C=O) groups is 1. The summed E-state index contributed by atoms with van der Waals surface area (Å²) in [6.07, 6.45) is 6.53. The fourth-order valence-electron chi connectivity index (χ4n) is 2.79. The van der Waals surface area contributed by atoms with Crippen LogP contribution in [0.3, 0.4) is 0 Å². The van der Waals surface area contributed by atoms with Crippen LogP contribution in [0.1, 0.15) is 38.5 Å². The minimum atomic E-state index is -3.48. The summed E-state index contributed by atoms with van der Waals surface area (Å²) in [5, 5.41) is 2.76. The average molecular weight is 324 g/mol. The van der Waals surface area contributed by atoms with Crippen molar-refractivity contribution in [1.29, 1.82) is 0 Å². The molecule has 1 aliphatic carbocycles. The van der Waals surface area contributed by atoms with Crippen LogP contribution < -0.4 is 10.0 Å². The summed E-state index contributed by atoms with van der Waals surface area (Å²) in [5.41, 5.74) is 0. The second-order valence-electron chi connectivity index (χ2n) is 5.75.